The predicted octanol–water partition coefficient (Wildman–Crippen LogP) is 3.18. The zero-order valence-electron chi connectivity index (χ0n) is 14.0. The lowest BCUT2D eigenvalue weighted by atomic mass is 10.1. The number of nitrogens with one attached hydrogen (secondary N) is 2. The summed E-state index contributed by atoms with van der Waals surface area (Å²) in [5.74, 6) is -0.262. The van der Waals surface area contributed by atoms with Crippen molar-refractivity contribution in [3.63, 3.8) is 0 Å². The molecule has 0 aliphatic carbocycles. The van der Waals surface area contributed by atoms with Crippen molar-refractivity contribution >= 4 is 32.4 Å². The first-order valence-corrected chi connectivity index (χ1v) is 10.2. The molecule has 6 nitrogen and oxygen atoms in total. The topological polar surface area (TPSA) is 88.2 Å². The Labute approximate surface area is 156 Å². The average molecular weight is 387 g/mol. The van der Waals surface area contributed by atoms with Crippen LogP contribution in [0.25, 0.3) is 0 Å². The van der Waals surface area contributed by atoms with Crippen LogP contribution in [0.2, 0.25) is 0 Å². The normalized spacial score (nSPS) is 11.1. The van der Waals surface area contributed by atoms with Crippen molar-refractivity contribution in [2.75, 3.05) is 4.72 Å². The van der Waals surface area contributed by atoms with Crippen LogP contribution < -0.4 is 10.0 Å². The van der Waals surface area contributed by atoms with Gasteiger partial charge < -0.3 is 5.32 Å². The fourth-order valence-electron chi connectivity index (χ4n) is 2.22. The van der Waals surface area contributed by atoms with Gasteiger partial charge >= 0.3 is 0 Å². The molecule has 134 valence electrons. The minimum atomic E-state index is -3.72. The number of carbonyl (C=O) groups is 1. The van der Waals surface area contributed by atoms with Crippen molar-refractivity contribution in [2.45, 2.75) is 18.4 Å². The Kier molecular flexibility index (Phi) is 5.34. The Hall–Kier alpha value is -2.71. The maximum absolute atomic E-state index is 12.3. The van der Waals surface area contributed by atoms with Crippen LogP contribution in [0, 0.1) is 6.92 Å². The van der Waals surface area contributed by atoms with Crippen LogP contribution in [0.3, 0.4) is 0 Å². The van der Waals surface area contributed by atoms with E-state index in [-0.39, 0.29) is 10.8 Å². The number of nitrogens with zero attached hydrogens (tertiary/aromatic N) is 1. The minimum Gasteiger partial charge on any atom is -0.348 e. The number of hydrogen-bond donors (Lipinski definition) is 2. The quantitative estimate of drug-likeness (QED) is 0.680. The molecular formula is C18H17N3O3S2. The molecule has 2 aromatic carbocycles. The molecule has 1 aromatic heterocycles. The third kappa shape index (κ3) is 4.47. The van der Waals surface area contributed by atoms with E-state index >= 15 is 0 Å². The highest BCUT2D eigenvalue weighted by Gasteiger charge is 2.16. The molecular weight excluding hydrogens is 370 g/mol. The van der Waals surface area contributed by atoms with Gasteiger partial charge in [-0.3, -0.25) is 9.52 Å². The molecule has 0 saturated carbocycles. The van der Waals surface area contributed by atoms with Gasteiger partial charge in [0.2, 0.25) is 0 Å². The lowest BCUT2D eigenvalue weighted by Crippen LogP contribution is -2.23. The summed E-state index contributed by atoms with van der Waals surface area (Å²) in [6.45, 7) is 2.41. The molecule has 0 fully saturated rings. The van der Waals surface area contributed by atoms with Gasteiger partial charge in [0, 0.05) is 23.7 Å². The van der Waals surface area contributed by atoms with Gasteiger partial charge in [-0.1, -0.05) is 29.8 Å². The van der Waals surface area contributed by atoms with Gasteiger partial charge in [0.15, 0.2) is 5.13 Å². The average Bonchev–Trinajstić information content (AvgIpc) is 3.13. The van der Waals surface area contributed by atoms with Crippen molar-refractivity contribution in [1.29, 1.82) is 0 Å². The van der Waals surface area contributed by atoms with Crippen molar-refractivity contribution in [2.24, 2.45) is 0 Å². The predicted molar refractivity (Wildman–Crippen MR) is 102 cm³/mol. The zero-order chi connectivity index (χ0) is 18.6. The van der Waals surface area contributed by atoms with E-state index < -0.39 is 10.0 Å². The number of anilines is 1. The van der Waals surface area contributed by atoms with Crippen LogP contribution >= 0.6 is 11.3 Å². The summed E-state index contributed by atoms with van der Waals surface area (Å²) in [7, 11) is -3.72. The Bertz CT molecular complexity index is 981. The Morgan fingerprint density at radius 2 is 1.77 bits per heavy atom. The van der Waals surface area contributed by atoms with Gasteiger partial charge in [0.05, 0.1) is 4.90 Å². The molecule has 3 rings (SSSR count). The zero-order valence-corrected chi connectivity index (χ0v) is 15.6. The summed E-state index contributed by atoms with van der Waals surface area (Å²) in [6.07, 6.45) is 1.52. The minimum absolute atomic E-state index is 0.0720. The monoisotopic (exact) mass is 387 g/mol. The van der Waals surface area contributed by atoms with Gasteiger partial charge in [0.1, 0.15) is 0 Å². The second-order valence-corrected chi connectivity index (χ2v) is 8.21. The molecule has 0 radical (unpaired) electrons. The lowest BCUT2D eigenvalue weighted by molar-refractivity contribution is 0.0951. The molecule has 0 aliphatic heterocycles. The van der Waals surface area contributed by atoms with Crippen LogP contribution in [0.1, 0.15) is 21.5 Å². The van der Waals surface area contributed by atoms with Crippen molar-refractivity contribution in [1.82, 2.24) is 10.3 Å². The number of sulfonamides is 1. The third-order valence-corrected chi connectivity index (χ3v) is 5.83. The Morgan fingerprint density at radius 1 is 1.08 bits per heavy atom. The lowest BCUT2D eigenvalue weighted by Gasteiger charge is -2.08. The highest BCUT2D eigenvalue weighted by Crippen LogP contribution is 2.18. The largest absolute Gasteiger partial charge is 0.348 e. The van der Waals surface area contributed by atoms with Crippen LogP contribution in [0.4, 0.5) is 5.13 Å². The summed E-state index contributed by atoms with van der Waals surface area (Å²) in [4.78, 5) is 16.2. The molecule has 1 heterocycles. The maximum atomic E-state index is 12.3. The second kappa shape index (κ2) is 7.67. The number of benzene rings is 2. The highest BCUT2D eigenvalue weighted by atomic mass is 32.2. The van der Waals surface area contributed by atoms with Gasteiger partial charge in [0.25, 0.3) is 15.9 Å². The number of aromatic nitrogens is 1. The third-order valence-electron chi connectivity index (χ3n) is 3.65. The standard InChI is InChI=1S/C18H17N3O3S2/c1-13-2-4-14(5-3-13)12-20-17(22)15-6-8-16(9-7-15)26(23,24)21-18-19-10-11-25-18/h2-11H,12H2,1H3,(H,19,21)(H,20,22). The van der Waals surface area contributed by atoms with Crippen LogP contribution in [-0.4, -0.2) is 19.3 Å². The molecule has 0 aliphatic rings. The van der Waals surface area contributed by atoms with Gasteiger partial charge in [-0.05, 0) is 36.8 Å². The molecule has 0 atom stereocenters. The number of aryl methyl sites for hydroxylation is 1. The second-order valence-electron chi connectivity index (χ2n) is 5.64. The first kappa shape index (κ1) is 18.1. The van der Waals surface area contributed by atoms with Gasteiger partial charge in [-0.25, -0.2) is 13.4 Å². The summed E-state index contributed by atoms with van der Waals surface area (Å²) in [6, 6.07) is 13.6. The highest BCUT2D eigenvalue weighted by molar-refractivity contribution is 7.93. The van der Waals surface area contributed by atoms with Gasteiger partial charge in [-0.15, -0.1) is 11.3 Å². The fraction of sp³-hybridized carbons (Fsp3) is 0.111. The summed E-state index contributed by atoms with van der Waals surface area (Å²) >= 11 is 1.19. The first-order chi connectivity index (χ1) is 12.4. The molecule has 8 heteroatoms. The number of amides is 1. The van der Waals surface area contributed by atoms with Crippen LogP contribution in [0.15, 0.2) is 65.0 Å². The van der Waals surface area contributed by atoms with Crippen LogP contribution in [0.5, 0.6) is 0 Å². The summed E-state index contributed by atoms with van der Waals surface area (Å²) < 4.78 is 26.9. The van der Waals surface area contributed by atoms with E-state index in [1.54, 1.807) is 5.38 Å². The van der Waals surface area contributed by atoms with Gasteiger partial charge in [-0.2, -0.15) is 0 Å². The van der Waals surface area contributed by atoms with Crippen molar-refractivity contribution in [3.8, 4) is 0 Å². The van der Waals surface area contributed by atoms with E-state index in [9.17, 15) is 13.2 Å². The smallest absolute Gasteiger partial charge is 0.263 e. The van der Waals surface area contributed by atoms with E-state index in [0.29, 0.717) is 17.2 Å². The summed E-state index contributed by atoms with van der Waals surface area (Å²) in [5.41, 5.74) is 2.55. The van der Waals surface area contributed by atoms with E-state index in [1.165, 1.54) is 41.8 Å². The Morgan fingerprint density at radius 3 is 2.38 bits per heavy atom. The molecule has 0 unspecified atom stereocenters. The SMILES string of the molecule is Cc1ccc(CNC(=O)c2ccc(S(=O)(=O)Nc3nccs3)cc2)cc1. The molecule has 3 aromatic rings. The molecule has 1 amide bonds. The van der Waals surface area contributed by atoms with E-state index in [1.807, 2.05) is 31.2 Å². The number of hydrogen-bond acceptors (Lipinski definition) is 5. The molecule has 2 N–H and O–H groups in total. The number of rotatable bonds is 6. The van der Waals surface area contributed by atoms with E-state index in [2.05, 4.69) is 15.0 Å². The molecule has 0 saturated heterocycles. The van der Waals surface area contributed by atoms with Crippen LogP contribution in [-0.2, 0) is 16.6 Å². The van der Waals surface area contributed by atoms with E-state index in [0.717, 1.165) is 11.1 Å². The van der Waals surface area contributed by atoms with E-state index in [4.69, 9.17) is 0 Å². The van der Waals surface area contributed by atoms with Crippen molar-refractivity contribution in [3.05, 3.63) is 76.8 Å². The molecule has 0 spiro atoms. The fourth-order valence-corrected chi connectivity index (χ4v) is 4.01. The van der Waals surface area contributed by atoms with Crippen molar-refractivity contribution < 1.29 is 13.2 Å². The molecule has 26 heavy (non-hydrogen) atoms. The molecule has 0 bridgehead atoms. The summed E-state index contributed by atoms with van der Waals surface area (Å²) in [5, 5.41) is 4.79. The first-order valence-electron chi connectivity index (χ1n) is 7.80. The Balaban J connectivity index is 1.64. The number of thiazole rings is 1. The number of carbonyl (C=O) groups excluding carboxylic acids is 1. The maximum Gasteiger partial charge on any atom is 0.263 e.